The Morgan fingerprint density at radius 3 is 2.24 bits per heavy atom. The first-order valence-corrected chi connectivity index (χ1v) is 8.55. The number of ketones is 1. The zero-order valence-corrected chi connectivity index (χ0v) is 13.4. The summed E-state index contributed by atoms with van der Waals surface area (Å²) in [6.45, 7) is 6.39. The molecule has 1 saturated carbocycles. The molecule has 0 radical (unpaired) electrons. The molecule has 1 aliphatic heterocycles. The summed E-state index contributed by atoms with van der Waals surface area (Å²) in [7, 11) is 0. The highest BCUT2D eigenvalue weighted by Crippen LogP contribution is 2.36. The van der Waals surface area contributed by atoms with Crippen molar-refractivity contribution in [3.63, 3.8) is 0 Å². The van der Waals surface area contributed by atoms with Crippen LogP contribution in [0.2, 0.25) is 0 Å². The molecule has 1 aromatic rings. The van der Waals surface area contributed by atoms with Gasteiger partial charge in [0, 0.05) is 5.56 Å². The number of carbonyl (C=O) groups excluding carboxylic acids is 1. The fourth-order valence-electron chi connectivity index (χ4n) is 3.70. The molecule has 1 aromatic carbocycles. The van der Waals surface area contributed by atoms with Crippen LogP contribution in [-0.2, 0) is 0 Å². The lowest BCUT2D eigenvalue weighted by Crippen LogP contribution is -2.50. The van der Waals surface area contributed by atoms with Gasteiger partial charge in [-0.2, -0.15) is 0 Å². The van der Waals surface area contributed by atoms with E-state index in [1.54, 1.807) is 0 Å². The predicted molar refractivity (Wildman–Crippen MR) is 86.9 cm³/mol. The summed E-state index contributed by atoms with van der Waals surface area (Å²) in [5.74, 6) is 1.04. The van der Waals surface area contributed by atoms with E-state index in [4.69, 9.17) is 0 Å². The maximum absolute atomic E-state index is 13.0. The van der Waals surface area contributed by atoms with Crippen LogP contribution in [-0.4, -0.2) is 29.3 Å². The minimum absolute atomic E-state index is 0.298. The van der Waals surface area contributed by atoms with E-state index in [9.17, 15) is 4.79 Å². The molecule has 2 aliphatic rings. The van der Waals surface area contributed by atoms with Crippen LogP contribution < -0.4 is 0 Å². The summed E-state index contributed by atoms with van der Waals surface area (Å²) in [5, 5.41) is 0. The van der Waals surface area contributed by atoms with Crippen molar-refractivity contribution in [2.24, 2.45) is 0 Å². The minimum atomic E-state index is -0.325. The third-order valence-corrected chi connectivity index (χ3v) is 5.73. The minimum Gasteiger partial charge on any atom is -0.292 e. The number of hydrogen-bond donors (Lipinski definition) is 0. The van der Waals surface area contributed by atoms with E-state index < -0.39 is 0 Å². The van der Waals surface area contributed by atoms with Gasteiger partial charge in [-0.3, -0.25) is 9.69 Å². The zero-order valence-electron chi connectivity index (χ0n) is 13.4. The van der Waals surface area contributed by atoms with Crippen LogP contribution in [0.15, 0.2) is 24.3 Å². The van der Waals surface area contributed by atoms with Crippen molar-refractivity contribution < 1.29 is 4.79 Å². The molecule has 2 nitrogen and oxygen atoms in total. The SMILES string of the molecule is CCC(C)(C(=O)c1ccc(C2CCC2)cc1)N1CCCC1. The molecule has 0 bridgehead atoms. The maximum atomic E-state index is 13.0. The van der Waals surface area contributed by atoms with Crippen molar-refractivity contribution in [1.29, 1.82) is 0 Å². The van der Waals surface area contributed by atoms with Gasteiger partial charge in [-0.05, 0) is 63.6 Å². The van der Waals surface area contributed by atoms with Crippen molar-refractivity contribution in [3.8, 4) is 0 Å². The molecule has 0 N–H and O–H groups in total. The van der Waals surface area contributed by atoms with Gasteiger partial charge in [0.25, 0.3) is 0 Å². The van der Waals surface area contributed by atoms with Gasteiger partial charge in [-0.15, -0.1) is 0 Å². The molecule has 1 heterocycles. The largest absolute Gasteiger partial charge is 0.292 e. The number of rotatable bonds is 5. The van der Waals surface area contributed by atoms with E-state index in [0.717, 1.165) is 31.0 Å². The fraction of sp³-hybridized carbons (Fsp3) is 0.632. The summed E-state index contributed by atoms with van der Waals surface area (Å²) < 4.78 is 0. The lowest BCUT2D eigenvalue weighted by atomic mass is 9.79. The van der Waals surface area contributed by atoms with Crippen LogP contribution >= 0.6 is 0 Å². The summed E-state index contributed by atoms with van der Waals surface area (Å²) in [6.07, 6.45) is 7.32. The first kappa shape index (κ1) is 14.8. The van der Waals surface area contributed by atoms with Gasteiger partial charge in [-0.25, -0.2) is 0 Å². The van der Waals surface area contributed by atoms with Gasteiger partial charge in [0.15, 0.2) is 5.78 Å². The Hall–Kier alpha value is -1.15. The van der Waals surface area contributed by atoms with Crippen LogP contribution in [0.3, 0.4) is 0 Å². The second kappa shape index (κ2) is 5.92. The molecule has 1 aliphatic carbocycles. The molecule has 1 atom stereocenters. The zero-order chi connectivity index (χ0) is 14.9. The third kappa shape index (κ3) is 2.66. The van der Waals surface area contributed by atoms with Gasteiger partial charge in [0.05, 0.1) is 5.54 Å². The molecule has 2 heteroatoms. The van der Waals surface area contributed by atoms with Gasteiger partial charge < -0.3 is 0 Å². The number of likely N-dealkylation sites (tertiary alicyclic amines) is 1. The summed E-state index contributed by atoms with van der Waals surface area (Å²) in [6, 6.07) is 8.47. The number of carbonyl (C=O) groups is 1. The molecular formula is C19H27NO. The summed E-state index contributed by atoms with van der Waals surface area (Å²) in [4.78, 5) is 15.4. The highest BCUT2D eigenvalue weighted by atomic mass is 16.1. The molecule has 3 rings (SSSR count). The normalized spacial score (nSPS) is 22.8. The first-order chi connectivity index (χ1) is 10.1. The average Bonchev–Trinajstić information content (AvgIpc) is 2.99. The standard InChI is InChI=1S/C19H27NO/c1-3-19(2,20-13-4-5-14-20)18(21)17-11-9-16(10-12-17)15-7-6-8-15/h9-12,15H,3-8,13-14H2,1-2H3. The molecule has 0 amide bonds. The van der Waals surface area contributed by atoms with Crippen molar-refractivity contribution in [2.45, 2.75) is 63.8 Å². The van der Waals surface area contributed by atoms with Gasteiger partial charge in [-0.1, -0.05) is 37.6 Å². The molecule has 21 heavy (non-hydrogen) atoms. The van der Waals surface area contributed by atoms with E-state index in [-0.39, 0.29) is 5.54 Å². The molecule has 0 aromatic heterocycles. The van der Waals surface area contributed by atoms with Gasteiger partial charge in [0.2, 0.25) is 0 Å². The average molecular weight is 285 g/mol. The molecule has 1 saturated heterocycles. The van der Waals surface area contributed by atoms with E-state index in [2.05, 4.69) is 43.0 Å². The predicted octanol–water partition coefficient (Wildman–Crippen LogP) is 4.40. The number of hydrogen-bond acceptors (Lipinski definition) is 2. The van der Waals surface area contributed by atoms with Crippen molar-refractivity contribution in [3.05, 3.63) is 35.4 Å². The van der Waals surface area contributed by atoms with Crippen LogP contribution in [0.5, 0.6) is 0 Å². The van der Waals surface area contributed by atoms with Crippen molar-refractivity contribution in [1.82, 2.24) is 4.90 Å². The van der Waals surface area contributed by atoms with E-state index in [1.165, 1.54) is 37.7 Å². The highest BCUT2D eigenvalue weighted by Gasteiger charge is 2.39. The Bertz CT molecular complexity index is 497. The summed E-state index contributed by atoms with van der Waals surface area (Å²) in [5.41, 5.74) is 1.97. The van der Waals surface area contributed by atoms with E-state index >= 15 is 0 Å². The first-order valence-electron chi connectivity index (χ1n) is 8.55. The lowest BCUT2D eigenvalue weighted by molar-refractivity contribution is 0.0647. The second-order valence-corrected chi connectivity index (χ2v) is 6.90. The van der Waals surface area contributed by atoms with Crippen molar-refractivity contribution in [2.75, 3.05) is 13.1 Å². The van der Waals surface area contributed by atoms with Crippen LogP contribution in [0, 0.1) is 0 Å². The Balaban J connectivity index is 1.79. The Morgan fingerprint density at radius 1 is 1.14 bits per heavy atom. The number of benzene rings is 1. The number of nitrogens with zero attached hydrogens (tertiary/aromatic N) is 1. The van der Waals surface area contributed by atoms with Crippen LogP contribution in [0.4, 0.5) is 0 Å². The smallest absolute Gasteiger partial charge is 0.182 e. The van der Waals surface area contributed by atoms with E-state index in [0.29, 0.717) is 5.78 Å². The fourth-order valence-corrected chi connectivity index (χ4v) is 3.70. The van der Waals surface area contributed by atoms with Crippen molar-refractivity contribution >= 4 is 5.78 Å². The highest BCUT2D eigenvalue weighted by molar-refractivity contribution is 6.03. The maximum Gasteiger partial charge on any atom is 0.182 e. The van der Waals surface area contributed by atoms with Crippen LogP contribution in [0.25, 0.3) is 0 Å². The van der Waals surface area contributed by atoms with Crippen LogP contribution in [0.1, 0.15) is 74.2 Å². The Kier molecular flexibility index (Phi) is 4.17. The molecular weight excluding hydrogens is 258 g/mol. The molecule has 2 fully saturated rings. The molecule has 114 valence electrons. The van der Waals surface area contributed by atoms with E-state index in [1.807, 2.05) is 0 Å². The Morgan fingerprint density at radius 2 is 1.76 bits per heavy atom. The number of Topliss-reactive ketones (excluding diaryl/α,β-unsaturated/α-hetero) is 1. The Labute approximate surface area is 128 Å². The summed E-state index contributed by atoms with van der Waals surface area (Å²) >= 11 is 0. The topological polar surface area (TPSA) is 20.3 Å². The lowest BCUT2D eigenvalue weighted by Gasteiger charge is -2.36. The molecule has 1 unspecified atom stereocenters. The van der Waals surface area contributed by atoms with Gasteiger partial charge >= 0.3 is 0 Å². The third-order valence-electron chi connectivity index (χ3n) is 5.73. The van der Waals surface area contributed by atoms with Gasteiger partial charge in [0.1, 0.15) is 0 Å². The second-order valence-electron chi connectivity index (χ2n) is 6.90. The quantitative estimate of drug-likeness (QED) is 0.747. The monoisotopic (exact) mass is 285 g/mol. The molecule has 0 spiro atoms.